The maximum Gasteiger partial charge on any atom is 0.263 e. The van der Waals surface area contributed by atoms with Crippen LogP contribution in [0.1, 0.15) is 10.4 Å². The molecule has 3 aromatic heterocycles. The number of nitrogens with zero attached hydrogens (tertiary/aromatic N) is 4. The van der Waals surface area contributed by atoms with Gasteiger partial charge in [-0.25, -0.2) is 9.37 Å². The van der Waals surface area contributed by atoms with Gasteiger partial charge in [-0.2, -0.15) is 5.10 Å². The van der Waals surface area contributed by atoms with Crippen molar-refractivity contribution in [2.45, 2.75) is 13.5 Å². The maximum absolute atomic E-state index is 13.2. The molecule has 0 fully saturated rings. The number of fused-ring (bicyclic) bond motifs is 1. The Labute approximate surface area is 147 Å². The second-order valence-electron chi connectivity index (χ2n) is 5.92. The van der Waals surface area contributed by atoms with Gasteiger partial charge in [0, 0.05) is 29.2 Å². The Kier molecular flexibility index (Phi) is 3.73. The molecule has 0 bridgehead atoms. The Morgan fingerprint density at radius 2 is 2.00 bits per heavy atom. The molecule has 25 heavy (non-hydrogen) atoms. The van der Waals surface area contributed by atoms with Gasteiger partial charge in [0.25, 0.3) is 5.56 Å². The van der Waals surface area contributed by atoms with Crippen LogP contribution in [0, 0.1) is 12.7 Å². The number of aromatic nitrogens is 4. The van der Waals surface area contributed by atoms with Gasteiger partial charge in [0.05, 0.1) is 24.5 Å². The molecule has 5 nitrogen and oxygen atoms in total. The van der Waals surface area contributed by atoms with E-state index < -0.39 is 0 Å². The van der Waals surface area contributed by atoms with Crippen molar-refractivity contribution in [1.29, 1.82) is 0 Å². The third kappa shape index (κ3) is 2.76. The first-order chi connectivity index (χ1) is 12.0. The fraction of sp³-hybridized carbons (Fsp3) is 0.167. The average Bonchev–Trinajstić information content (AvgIpc) is 3.14. The first-order valence-electron chi connectivity index (χ1n) is 7.75. The summed E-state index contributed by atoms with van der Waals surface area (Å²) in [6.45, 7) is 2.36. The molecule has 0 aliphatic carbocycles. The summed E-state index contributed by atoms with van der Waals surface area (Å²) in [6, 6.07) is 6.20. The second kappa shape index (κ2) is 5.93. The van der Waals surface area contributed by atoms with E-state index in [2.05, 4.69) is 10.1 Å². The molecule has 1 aromatic carbocycles. The van der Waals surface area contributed by atoms with Gasteiger partial charge in [-0.1, -0.05) is 12.1 Å². The summed E-state index contributed by atoms with van der Waals surface area (Å²) in [7, 11) is 1.84. The van der Waals surface area contributed by atoms with Crippen molar-refractivity contribution in [3.63, 3.8) is 0 Å². The normalized spacial score (nSPS) is 11.3. The van der Waals surface area contributed by atoms with Crippen LogP contribution in [0.3, 0.4) is 0 Å². The number of rotatable bonds is 3. The number of hydrogen-bond donors (Lipinski definition) is 0. The molecule has 0 aliphatic rings. The monoisotopic (exact) mass is 354 g/mol. The van der Waals surface area contributed by atoms with E-state index in [0.717, 1.165) is 21.6 Å². The molecule has 0 saturated carbocycles. The Hall–Kier alpha value is -2.80. The predicted molar refractivity (Wildman–Crippen MR) is 96.3 cm³/mol. The van der Waals surface area contributed by atoms with Crippen LogP contribution in [0.25, 0.3) is 21.3 Å². The molecule has 4 aromatic rings. The van der Waals surface area contributed by atoms with Crippen LogP contribution >= 0.6 is 11.3 Å². The van der Waals surface area contributed by atoms with Crippen LogP contribution in [0.5, 0.6) is 0 Å². The number of hydrogen-bond acceptors (Lipinski definition) is 4. The van der Waals surface area contributed by atoms with Gasteiger partial charge in [0.15, 0.2) is 0 Å². The van der Waals surface area contributed by atoms with Crippen molar-refractivity contribution in [3.05, 3.63) is 69.6 Å². The van der Waals surface area contributed by atoms with E-state index in [0.29, 0.717) is 16.8 Å². The zero-order valence-electron chi connectivity index (χ0n) is 13.7. The van der Waals surface area contributed by atoms with Crippen LogP contribution in [-0.2, 0) is 13.6 Å². The van der Waals surface area contributed by atoms with Gasteiger partial charge >= 0.3 is 0 Å². The Morgan fingerprint density at radius 3 is 2.68 bits per heavy atom. The summed E-state index contributed by atoms with van der Waals surface area (Å²) >= 11 is 1.48. The SMILES string of the molecule is Cc1sc2ncn(Cc3cnn(C)c3)c(=O)c2c1-c1ccc(F)cc1. The van der Waals surface area contributed by atoms with Gasteiger partial charge in [-0.3, -0.25) is 14.0 Å². The maximum atomic E-state index is 13.2. The fourth-order valence-electron chi connectivity index (χ4n) is 2.96. The highest BCUT2D eigenvalue weighted by Gasteiger charge is 2.17. The highest BCUT2D eigenvalue weighted by molar-refractivity contribution is 7.19. The highest BCUT2D eigenvalue weighted by atomic mass is 32.1. The summed E-state index contributed by atoms with van der Waals surface area (Å²) in [6.07, 6.45) is 5.18. The summed E-state index contributed by atoms with van der Waals surface area (Å²) in [4.78, 5) is 19.2. The van der Waals surface area contributed by atoms with Crippen molar-refractivity contribution in [2.75, 3.05) is 0 Å². The molecule has 0 N–H and O–H groups in total. The number of benzene rings is 1. The summed E-state index contributed by atoms with van der Waals surface area (Å²) < 4.78 is 16.5. The number of thiophene rings is 1. The summed E-state index contributed by atoms with van der Waals surface area (Å²) in [5.41, 5.74) is 2.49. The standard InChI is InChI=1S/C18H15FN4OS/c1-11-15(13-3-5-14(19)6-4-13)16-17(25-11)20-10-23(18(16)24)9-12-7-21-22(2)8-12/h3-8,10H,9H2,1-2H3. The van der Waals surface area contributed by atoms with Crippen LogP contribution in [0.4, 0.5) is 4.39 Å². The molecular weight excluding hydrogens is 339 g/mol. The van der Waals surface area contributed by atoms with Gasteiger partial charge in [0.2, 0.25) is 0 Å². The van der Waals surface area contributed by atoms with Gasteiger partial charge in [0.1, 0.15) is 10.6 Å². The molecule has 4 rings (SSSR count). The molecule has 0 aliphatic heterocycles. The lowest BCUT2D eigenvalue weighted by atomic mass is 10.0. The Morgan fingerprint density at radius 1 is 1.24 bits per heavy atom. The quantitative estimate of drug-likeness (QED) is 0.567. The molecule has 7 heteroatoms. The van der Waals surface area contributed by atoms with Gasteiger partial charge in [-0.05, 0) is 24.6 Å². The van der Waals surface area contributed by atoms with Crippen molar-refractivity contribution in [2.24, 2.45) is 7.05 Å². The van der Waals surface area contributed by atoms with Crippen molar-refractivity contribution in [3.8, 4) is 11.1 Å². The second-order valence-corrected chi connectivity index (χ2v) is 7.12. The van der Waals surface area contributed by atoms with E-state index in [1.165, 1.54) is 23.5 Å². The Bertz CT molecular complexity index is 1120. The van der Waals surface area contributed by atoms with E-state index in [-0.39, 0.29) is 11.4 Å². The van der Waals surface area contributed by atoms with Crippen LogP contribution in [0.2, 0.25) is 0 Å². The summed E-state index contributed by atoms with van der Waals surface area (Å²) in [5.74, 6) is -0.298. The minimum Gasteiger partial charge on any atom is -0.294 e. The molecule has 0 unspecified atom stereocenters. The van der Waals surface area contributed by atoms with Crippen molar-refractivity contribution >= 4 is 21.6 Å². The zero-order valence-corrected chi connectivity index (χ0v) is 14.5. The third-order valence-corrected chi connectivity index (χ3v) is 5.11. The smallest absolute Gasteiger partial charge is 0.263 e. The van der Waals surface area contributed by atoms with Crippen LogP contribution in [0.15, 0.2) is 47.8 Å². The first kappa shape index (κ1) is 15.7. The van der Waals surface area contributed by atoms with E-state index in [4.69, 9.17) is 0 Å². The van der Waals surface area contributed by atoms with Gasteiger partial charge in [-0.15, -0.1) is 11.3 Å². The fourth-order valence-corrected chi connectivity index (χ4v) is 3.97. The van der Waals surface area contributed by atoms with E-state index in [9.17, 15) is 9.18 Å². The van der Waals surface area contributed by atoms with Crippen molar-refractivity contribution < 1.29 is 4.39 Å². The summed E-state index contributed by atoms with van der Waals surface area (Å²) in [5, 5.41) is 4.71. The molecule has 0 atom stereocenters. The lowest BCUT2D eigenvalue weighted by molar-refractivity contribution is 0.628. The Balaban J connectivity index is 1.89. The predicted octanol–water partition coefficient (Wildman–Crippen LogP) is 3.35. The minimum atomic E-state index is -0.298. The van der Waals surface area contributed by atoms with E-state index in [1.807, 2.05) is 20.2 Å². The third-order valence-electron chi connectivity index (χ3n) is 4.10. The largest absolute Gasteiger partial charge is 0.294 e. The van der Waals surface area contributed by atoms with E-state index in [1.54, 1.807) is 33.9 Å². The molecule has 0 amide bonds. The average molecular weight is 354 g/mol. The molecule has 0 saturated heterocycles. The lowest BCUT2D eigenvalue weighted by Crippen LogP contribution is -2.20. The minimum absolute atomic E-state index is 0.0995. The van der Waals surface area contributed by atoms with Crippen molar-refractivity contribution in [1.82, 2.24) is 19.3 Å². The molecular formula is C18H15FN4OS. The first-order valence-corrected chi connectivity index (χ1v) is 8.56. The topological polar surface area (TPSA) is 52.7 Å². The van der Waals surface area contributed by atoms with Crippen LogP contribution < -0.4 is 5.56 Å². The van der Waals surface area contributed by atoms with Crippen LogP contribution in [-0.4, -0.2) is 19.3 Å². The lowest BCUT2D eigenvalue weighted by Gasteiger charge is -2.05. The molecule has 0 spiro atoms. The molecule has 126 valence electrons. The number of aryl methyl sites for hydroxylation is 2. The highest BCUT2D eigenvalue weighted by Crippen LogP contribution is 2.35. The zero-order chi connectivity index (χ0) is 17.6. The van der Waals surface area contributed by atoms with Gasteiger partial charge < -0.3 is 0 Å². The molecule has 0 radical (unpaired) electrons. The number of halogens is 1. The van der Waals surface area contributed by atoms with E-state index >= 15 is 0 Å². The molecule has 3 heterocycles.